The number of carbonyl (C=O) groups excluding carboxylic acids is 1. The third-order valence-electron chi connectivity index (χ3n) is 6.46. The Bertz CT molecular complexity index is 1560. The smallest absolute Gasteiger partial charge is 0.262 e. The zero-order valence-corrected chi connectivity index (χ0v) is 18.6. The number of rotatable bonds is 3. The minimum Gasteiger partial charge on any atom is -0.508 e. The summed E-state index contributed by atoms with van der Waals surface area (Å²) >= 11 is 0. The molecule has 0 saturated heterocycles. The topological polar surface area (TPSA) is 115 Å². The van der Waals surface area contributed by atoms with Crippen LogP contribution in [0, 0.1) is 0 Å². The van der Waals surface area contributed by atoms with Crippen LogP contribution in [0.1, 0.15) is 33.9 Å². The monoisotopic (exact) mass is 463 g/mol. The van der Waals surface area contributed by atoms with Gasteiger partial charge in [0.25, 0.3) is 5.91 Å². The normalized spacial score (nSPS) is 15.2. The number of H-pyrrole nitrogens is 1. The molecule has 3 N–H and O–H groups in total. The number of anilines is 1. The van der Waals surface area contributed by atoms with Gasteiger partial charge in [-0.15, -0.1) is 0 Å². The Kier molecular flexibility index (Phi) is 4.92. The quantitative estimate of drug-likeness (QED) is 0.355. The summed E-state index contributed by atoms with van der Waals surface area (Å²) in [7, 11) is 0. The van der Waals surface area contributed by atoms with Gasteiger partial charge in [-0.2, -0.15) is 0 Å². The van der Waals surface area contributed by atoms with Crippen molar-refractivity contribution in [1.82, 2.24) is 19.9 Å². The van der Waals surface area contributed by atoms with Gasteiger partial charge in [-0.3, -0.25) is 9.78 Å². The molecule has 0 aliphatic carbocycles. The van der Waals surface area contributed by atoms with Gasteiger partial charge in [0, 0.05) is 41.3 Å². The third-order valence-corrected chi connectivity index (χ3v) is 6.46. The minimum absolute atomic E-state index is 0.104. The highest BCUT2D eigenvalue weighted by Gasteiger charge is 2.34. The molecular formula is C27H21N5O3. The number of fused-ring (bicyclic) bond motifs is 2. The highest BCUT2D eigenvalue weighted by molar-refractivity contribution is 6.09. The Hall–Kier alpha value is -4.72. The van der Waals surface area contributed by atoms with Crippen molar-refractivity contribution in [2.75, 3.05) is 4.90 Å². The zero-order chi connectivity index (χ0) is 23.9. The van der Waals surface area contributed by atoms with Crippen molar-refractivity contribution >= 4 is 22.6 Å². The molecule has 0 spiro atoms. The second kappa shape index (κ2) is 8.25. The lowest BCUT2D eigenvalue weighted by atomic mass is 9.89. The van der Waals surface area contributed by atoms with E-state index in [1.807, 2.05) is 36.5 Å². The number of hydrogen-bond acceptors (Lipinski definition) is 6. The molecule has 8 nitrogen and oxygen atoms in total. The Morgan fingerprint density at radius 3 is 2.80 bits per heavy atom. The lowest BCUT2D eigenvalue weighted by Crippen LogP contribution is -2.38. The Labute approximate surface area is 200 Å². The van der Waals surface area contributed by atoms with Gasteiger partial charge >= 0.3 is 0 Å². The van der Waals surface area contributed by atoms with E-state index in [-0.39, 0.29) is 29.0 Å². The van der Waals surface area contributed by atoms with Crippen LogP contribution in [-0.2, 0) is 6.42 Å². The van der Waals surface area contributed by atoms with Gasteiger partial charge in [0.15, 0.2) is 0 Å². The molecule has 1 unspecified atom stereocenters. The number of nitrogens with one attached hydrogen (secondary N) is 1. The van der Waals surface area contributed by atoms with Crippen molar-refractivity contribution < 1.29 is 15.0 Å². The van der Waals surface area contributed by atoms with Gasteiger partial charge in [0.05, 0.1) is 17.3 Å². The standard InChI is InChI=1S/C27H21N5O3/c33-19-5-6-20(24(34)13-19)27(35)32-22-8-4-17(25-21-9-11-29-26(21)31-15-30-25)12-16(22)3-7-23(32)18-2-1-10-28-14-18/h1-2,4-6,8-15,23,33-34H,3,7H2,(H,29,30,31). The van der Waals surface area contributed by atoms with Crippen molar-refractivity contribution in [3.63, 3.8) is 0 Å². The number of phenols is 2. The SMILES string of the molecule is O=C(c1ccc(O)cc1O)N1c2ccc(-c3ncnc4[nH]ccc34)cc2CCC1c1cccnc1. The van der Waals surface area contributed by atoms with E-state index in [1.165, 1.54) is 24.5 Å². The van der Waals surface area contributed by atoms with Gasteiger partial charge in [0.2, 0.25) is 0 Å². The molecule has 1 aliphatic heterocycles. The maximum atomic E-state index is 13.8. The number of nitrogens with zero attached hydrogens (tertiary/aromatic N) is 4. The molecule has 3 aromatic heterocycles. The fourth-order valence-corrected chi connectivity index (χ4v) is 4.83. The van der Waals surface area contributed by atoms with Crippen LogP contribution in [0.2, 0.25) is 0 Å². The Morgan fingerprint density at radius 2 is 1.97 bits per heavy atom. The van der Waals surface area contributed by atoms with Gasteiger partial charge < -0.3 is 20.1 Å². The van der Waals surface area contributed by atoms with Crippen molar-refractivity contribution in [3.05, 3.63) is 96.2 Å². The number of phenolic OH excluding ortho intramolecular Hbond substituents is 2. The number of aromatic amines is 1. The van der Waals surface area contributed by atoms with E-state index < -0.39 is 0 Å². The molecule has 1 atom stereocenters. The maximum Gasteiger partial charge on any atom is 0.262 e. The molecule has 5 aromatic rings. The first kappa shape index (κ1) is 20.9. The number of amides is 1. The highest BCUT2D eigenvalue weighted by atomic mass is 16.3. The minimum atomic E-state index is -0.347. The number of aryl methyl sites for hydroxylation is 1. The summed E-state index contributed by atoms with van der Waals surface area (Å²) in [4.78, 5) is 31.7. The molecule has 1 amide bonds. The molecule has 0 fully saturated rings. The maximum absolute atomic E-state index is 13.8. The average molecular weight is 463 g/mol. The summed E-state index contributed by atoms with van der Waals surface area (Å²) in [6.45, 7) is 0. The van der Waals surface area contributed by atoms with Crippen LogP contribution < -0.4 is 4.90 Å². The van der Waals surface area contributed by atoms with E-state index in [9.17, 15) is 15.0 Å². The fraction of sp³-hybridized carbons (Fsp3) is 0.111. The molecule has 2 aromatic carbocycles. The molecule has 6 rings (SSSR count). The van der Waals surface area contributed by atoms with Crippen LogP contribution in [0.5, 0.6) is 11.5 Å². The third kappa shape index (κ3) is 3.56. The molecule has 35 heavy (non-hydrogen) atoms. The van der Waals surface area contributed by atoms with Crippen molar-refractivity contribution in [3.8, 4) is 22.8 Å². The number of benzene rings is 2. The van der Waals surface area contributed by atoms with Crippen LogP contribution in [0.4, 0.5) is 5.69 Å². The van der Waals surface area contributed by atoms with E-state index in [1.54, 1.807) is 17.3 Å². The largest absolute Gasteiger partial charge is 0.508 e. The van der Waals surface area contributed by atoms with Crippen LogP contribution in [0.15, 0.2) is 79.5 Å². The number of pyridine rings is 1. The molecule has 0 bridgehead atoms. The van der Waals surface area contributed by atoms with Crippen LogP contribution >= 0.6 is 0 Å². The van der Waals surface area contributed by atoms with E-state index in [2.05, 4.69) is 26.0 Å². The van der Waals surface area contributed by atoms with Crippen molar-refractivity contribution in [2.24, 2.45) is 0 Å². The van der Waals surface area contributed by atoms with E-state index >= 15 is 0 Å². The molecule has 0 radical (unpaired) electrons. The van der Waals surface area contributed by atoms with Gasteiger partial charge in [-0.05, 0) is 60.4 Å². The molecule has 4 heterocycles. The fourth-order valence-electron chi connectivity index (χ4n) is 4.83. The summed E-state index contributed by atoms with van der Waals surface area (Å²) < 4.78 is 0. The summed E-state index contributed by atoms with van der Waals surface area (Å²) in [5, 5.41) is 21.1. The van der Waals surface area contributed by atoms with E-state index in [4.69, 9.17) is 0 Å². The first-order chi connectivity index (χ1) is 17.1. The van der Waals surface area contributed by atoms with Crippen LogP contribution in [0.25, 0.3) is 22.3 Å². The number of aromatic nitrogens is 4. The van der Waals surface area contributed by atoms with Crippen molar-refractivity contribution in [1.29, 1.82) is 0 Å². The predicted molar refractivity (Wildman–Crippen MR) is 131 cm³/mol. The summed E-state index contributed by atoms with van der Waals surface area (Å²) in [5.41, 5.74) is 5.35. The number of hydrogen-bond donors (Lipinski definition) is 3. The second-order valence-corrected chi connectivity index (χ2v) is 8.52. The summed E-state index contributed by atoms with van der Waals surface area (Å²) in [6, 6.07) is 15.5. The number of carbonyl (C=O) groups is 1. The zero-order valence-electron chi connectivity index (χ0n) is 18.6. The second-order valence-electron chi connectivity index (χ2n) is 8.52. The summed E-state index contributed by atoms with van der Waals surface area (Å²) in [6.07, 6.45) is 8.30. The average Bonchev–Trinajstić information content (AvgIpc) is 3.37. The first-order valence-corrected chi connectivity index (χ1v) is 11.3. The highest BCUT2D eigenvalue weighted by Crippen LogP contribution is 2.42. The van der Waals surface area contributed by atoms with Gasteiger partial charge in [-0.25, -0.2) is 9.97 Å². The van der Waals surface area contributed by atoms with E-state index in [0.29, 0.717) is 6.42 Å². The number of aromatic hydroxyl groups is 2. The molecule has 172 valence electrons. The van der Waals surface area contributed by atoms with E-state index in [0.717, 1.165) is 45.5 Å². The predicted octanol–water partition coefficient (Wildman–Crippen LogP) is 4.77. The van der Waals surface area contributed by atoms with Crippen LogP contribution in [0.3, 0.4) is 0 Å². The van der Waals surface area contributed by atoms with Gasteiger partial charge in [0.1, 0.15) is 23.5 Å². The molecular weight excluding hydrogens is 442 g/mol. The van der Waals surface area contributed by atoms with Crippen LogP contribution in [-0.4, -0.2) is 36.1 Å². The summed E-state index contributed by atoms with van der Waals surface area (Å²) in [5.74, 6) is -0.716. The van der Waals surface area contributed by atoms with Gasteiger partial charge in [-0.1, -0.05) is 12.1 Å². The molecule has 8 heteroatoms. The first-order valence-electron chi connectivity index (χ1n) is 11.3. The Morgan fingerprint density at radius 1 is 1.06 bits per heavy atom. The lowest BCUT2D eigenvalue weighted by Gasteiger charge is -2.38. The lowest BCUT2D eigenvalue weighted by molar-refractivity contribution is 0.0970. The molecule has 0 saturated carbocycles. The van der Waals surface area contributed by atoms with Crippen molar-refractivity contribution in [2.45, 2.75) is 18.9 Å². The molecule has 1 aliphatic rings. The Balaban J connectivity index is 1.48.